The molecule has 0 heterocycles. The van der Waals surface area contributed by atoms with E-state index in [-0.39, 0.29) is 51.2 Å². The molecule has 38 heavy (non-hydrogen) atoms. The van der Waals surface area contributed by atoms with Gasteiger partial charge in [0.05, 0.1) is 45.7 Å². The smallest absolute Gasteiger partial charge is 0.339 e. The Labute approximate surface area is 216 Å². The molecule has 0 saturated heterocycles. The molecule has 0 amide bonds. The number of methoxy groups -OCH3 is 4. The molecule has 13 nitrogen and oxygen atoms in total. The van der Waals surface area contributed by atoms with Gasteiger partial charge in [-0.1, -0.05) is 0 Å². The molecular weight excluding hydrogens is 508 g/mol. The summed E-state index contributed by atoms with van der Waals surface area (Å²) in [7, 11) is 5.03. The topological polar surface area (TPSA) is 188 Å². The first-order valence-corrected chi connectivity index (χ1v) is 11.0. The molecule has 1 aliphatic rings. The molecule has 204 valence electrons. The highest BCUT2D eigenvalue weighted by Gasteiger charge is 2.40. The maximum Gasteiger partial charge on any atom is 0.339 e. The summed E-state index contributed by atoms with van der Waals surface area (Å²) < 4.78 is 31.0. The van der Waals surface area contributed by atoms with Gasteiger partial charge in [0.15, 0.2) is 35.2 Å². The zero-order valence-corrected chi connectivity index (χ0v) is 20.8. The highest BCUT2D eigenvalue weighted by atomic mass is 16.6. The first-order chi connectivity index (χ1) is 18.0. The van der Waals surface area contributed by atoms with Gasteiger partial charge < -0.3 is 48.8 Å². The second kappa shape index (κ2) is 11.6. The third kappa shape index (κ3) is 5.67. The number of benzene rings is 2. The lowest BCUT2D eigenvalue weighted by Crippen LogP contribution is -2.46. The predicted octanol–water partition coefficient (Wildman–Crippen LogP) is 1.66. The number of ether oxygens (including phenoxy) is 6. The van der Waals surface area contributed by atoms with Gasteiger partial charge in [-0.15, -0.1) is 0 Å². The molecule has 0 aromatic heterocycles. The normalized spacial score (nSPS) is 18.6. The van der Waals surface area contributed by atoms with E-state index < -0.39 is 42.6 Å². The number of carboxylic acids is 1. The second-order valence-corrected chi connectivity index (χ2v) is 7.97. The number of hydrogen-bond donors (Lipinski definition) is 4. The van der Waals surface area contributed by atoms with E-state index in [0.29, 0.717) is 0 Å². The van der Waals surface area contributed by atoms with Gasteiger partial charge in [0.2, 0.25) is 11.5 Å². The molecule has 4 N–H and O–H groups in total. The van der Waals surface area contributed by atoms with Crippen molar-refractivity contribution in [3.63, 3.8) is 0 Å². The highest BCUT2D eigenvalue weighted by Crippen LogP contribution is 2.39. The molecule has 0 radical (unpaired) electrons. The van der Waals surface area contributed by atoms with Gasteiger partial charge in [0.1, 0.15) is 0 Å². The van der Waals surface area contributed by atoms with Crippen molar-refractivity contribution in [1.82, 2.24) is 0 Å². The van der Waals surface area contributed by atoms with Gasteiger partial charge in [0.25, 0.3) is 0 Å². The van der Waals surface area contributed by atoms with E-state index in [1.807, 2.05) is 0 Å². The fraction of sp³-hybridized carbons (Fsp3) is 0.320. The van der Waals surface area contributed by atoms with Crippen LogP contribution in [0.4, 0.5) is 0 Å². The fourth-order valence-corrected chi connectivity index (χ4v) is 3.73. The maximum atomic E-state index is 13.0. The zero-order chi connectivity index (χ0) is 28.1. The lowest BCUT2D eigenvalue weighted by atomic mass is 9.91. The average molecular weight is 534 g/mol. The predicted molar refractivity (Wildman–Crippen MR) is 127 cm³/mol. The van der Waals surface area contributed by atoms with Crippen molar-refractivity contribution in [3.8, 4) is 34.5 Å². The van der Waals surface area contributed by atoms with Gasteiger partial charge in [-0.05, 0) is 30.3 Å². The maximum absolute atomic E-state index is 13.0. The summed E-state index contributed by atoms with van der Waals surface area (Å²) in [6, 6.07) is 4.67. The summed E-state index contributed by atoms with van der Waals surface area (Å²) in [4.78, 5) is 37.5. The molecule has 2 aromatic rings. The first-order valence-electron chi connectivity index (χ1n) is 11.0. The molecule has 3 atom stereocenters. The molecule has 3 rings (SSSR count). The Balaban J connectivity index is 1.94. The van der Waals surface area contributed by atoms with Gasteiger partial charge >= 0.3 is 17.9 Å². The van der Waals surface area contributed by atoms with Crippen LogP contribution < -0.4 is 18.9 Å². The van der Waals surface area contributed by atoms with Crippen LogP contribution >= 0.6 is 0 Å². The van der Waals surface area contributed by atoms with Crippen LogP contribution in [0.5, 0.6) is 34.5 Å². The molecule has 0 aliphatic heterocycles. The molecule has 1 aliphatic carbocycles. The van der Waals surface area contributed by atoms with Crippen LogP contribution in [0.2, 0.25) is 0 Å². The molecule has 0 spiro atoms. The standard InChI is InChI=1S/C25H26O13/c1-33-15-7-12(8-16(34-2)20(15)27)24(31)37-19-6-11(23(29)30)5-14(26)22(19)38-25(32)13-9-17(35-3)21(28)18(10-13)36-4/h6-10,14,19,22,26-28H,5H2,1-4H3,(H,29,30). The zero-order valence-electron chi connectivity index (χ0n) is 20.8. The second-order valence-electron chi connectivity index (χ2n) is 7.97. The lowest BCUT2D eigenvalue weighted by molar-refractivity contribution is -0.134. The summed E-state index contributed by atoms with van der Waals surface area (Å²) in [6.07, 6.45) is -3.94. The average Bonchev–Trinajstić information content (AvgIpc) is 2.90. The molecule has 3 unspecified atom stereocenters. The number of rotatable bonds is 9. The number of carbonyl (C=O) groups is 3. The summed E-state index contributed by atoms with van der Waals surface area (Å²) >= 11 is 0. The summed E-state index contributed by atoms with van der Waals surface area (Å²) in [5, 5.41) is 40.3. The third-order valence-electron chi connectivity index (χ3n) is 5.69. The third-order valence-corrected chi connectivity index (χ3v) is 5.69. The van der Waals surface area contributed by atoms with Crippen molar-refractivity contribution in [3.05, 3.63) is 47.0 Å². The largest absolute Gasteiger partial charge is 0.502 e. The van der Waals surface area contributed by atoms with Gasteiger partial charge in [-0.2, -0.15) is 0 Å². The Morgan fingerprint density at radius 3 is 1.50 bits per heavy atom. The van der Waals surface area contributed by atoms with Crippen molar-refractivity contribution in [2.24, 2.45) is 0 Å². The number of esters is 2. The molecule has 13 heteroatoms. The number of carboxylic acid groups (broad SMARTS) is 1. The van der Waals surface area contributed by atoms with Gasteiger partial charge in [-0.3, -0.25) is 0 Å². The number of aliphatic hydroxyl groups excluding tert-OH is 1. The van der Waals surface area contributed by atoms with Gasteiger partial charge in [0, 0.05) is 12.0 Å². The van der Waals surface area contributed by atoms with Crippen molar-refractivity contribution in [1.29, 1.82) is 0 Å². The van der Waals surface area contributed by atoms with E-state index in [1.54, 1.807) is 0 Å². The summed E-state index contributed by atoms with van der Waals surface area (Å²) in [5.74, 6) is -4.49. The van der Waals surface area contributed by atoms with Crippen LogP contribution in [-0.2, 0) is 14.3 Å². The minimum absolute atomic E-state index is 0.0910. The van der Waals surface area contributed by atoms with Crippen LogP contribution in [0, 0.1) is 0 Å². The van der Waals surface area contributed by atoms with Crippen molar-refractivity contribution < 1.29 is 63.2 Å². The van der Waals surface area contributed by atoms with Crippen molar-refractivity contribution in [2.45, 2.75) is 24.7 Å². The number of carbonyl (C=O) groups excluding carboxylic acids is 2. The van der Waals surface area contributed by atoms with Gasteiger partial charge in [-0.25, -0.2) is 14.4 Å². The summed E-state index contributed by atoms with van der Waals surface area (Å²) in [6.45, 7) is 0. The Hall–Kier alpha value is -4.65. The van der Waals surface area contributed by atoms with Crippen LogP contribution in [-0.4, -0.2) is 85.1 Å². The minimum Gasteiger partial charge on any atom is -0.502 e. The van der Waals surface area contributed by atoms with E-state index in [1.165, 1.54) is 40.6 Å². The van der Waals surface area contributed by atoms with E-state index in [4.69, 9.17) is 28.4 Å². The van der Waals surface area contributed by atoms with Crippen LogP contribution in [0.3, 0.4) is 0 Å². The van der Waals surface area contributed by atoms with Crippen LogP contribution in [0.15, 0.2) is 35.9 Å². The Bertz CT molecular complexity index is 1220. The molecule has 0 saturated carbocycles. The lowest BCUT2D eigenvalue weighted by Gasteiger charge is -2.32. The molecular formula is C25H26O13. The van der Waals surface area contributed by atoms with Crippen LogP contribution in [0.25, 0.3) is 0 Å². The molecule has 0 fully saturated rings. The Kier molecular flexibility index (Phi) is 8.53. The van der Waals surface area contributed by atoms with E-state index in [9.17, 15) is 34.8 Å². The first kappa shape index (κ1) is 27.9. The Morgan fingerprint density at radius 1 is 0.737 bits per heavy atom. The van der Waals surface area contributed by atoms with Crippen molar-refractivity contribution in [2.75, 3.05) is 28.4 Å². The summed E-state index contributed by atoms with van der Waals surface area (Å²) in [5.41, 5.74) is -0.536. The number of aliphatic carboxylic acids is 1. The number of aliphatic hydroxyl groups is 1. The monoisotopic (exact) mass is 534 g/mol. The Morgan fingerprint density at radius 2 is 1.13 bits per heavy atom. The number of phenols is 2. The highest BCUT2D eigenvalue weighted by molar-refractivity contribution is 5.93. The minimum atomic E-state index is -1.56. The quantitative estimate of drug-likeness (QED) is 0.340. The van der Waals surface area contributed by atoms with E-state index in [0.717, 1.165) is 18.2 Å². The van der Waals surface area contributed by atoms with E-state index >= 15 is 0 Å². The van der Waals surface area contributed by atoms with Crippen molar-refractivity contribution >= 4 is 17.9 Å². The fourth-order valence-electron chi connectivity index (χ4n) is 3.73. The van der Waals surface area contributed by atoms with E-state index in [2.05, 4.69) is 0 Å². The number of aromatic hydroxyl groups is 2. The number of hydrogen-bond acceptors (Lipinski definition) is 12. The molecule has 2 aromatic carbocycles. The van der Waals surface area contributed by atoms with Crippen LogP contribution in [0.1, 0.15) is 27.1 Å². The molecule has 0 bridgehead atoms. The SMILES string of the molecule is COc1cc(C(=O)OC2C=C(C(=O)O)CC(O)C2OC(=O)c2cc(OC)c(O)c(OC)c2)cc(OC)c1O. The number of phenolic OH excluding ortho intramolecular Hbond substituents is 2.